The van der Waals surface area contributed by atoms with Crippen LogP contribution in [0.15, 0.2) is 42.6 Å². The molecule has 0 spiro atoms. The highest BCUT2D eigenvalue weighted by atomic mass is 35.5. The molecule has 0 unspecified atom stereocenters. The number of anilines is 1. The number of aryl methyl sites for hydroxylation is 1. The van der Waals surface area contributed by atoms with Crippen molar-refractivity contribution in [2.45, 2.75) is 57.5 Å². The molecule has 0 bridgehead atoms. The minimum Gasteiger partial charge on any atom is -0.394 e. The third-order valence-corrected chi connectivity index (χ3v) is 7.50. The van der Waals surface area contributed by atoms with Gasteiger partial charge in [0.1, 0.15) is 11.9 Å². The van der Waals surface area contributed by atoms with Gasteiger partial charge in [-0.15, -0.1) is 0 Å². The van der Waals surface area contributed by atoms with E-state index in [1.807, 2.05) is 12.1 Å². The number of aromatic nitrogens is 2. The van der Waals surface area contributed by atoms with Crippen molar-refractivity contribution in [3.05, 3.63) is 75.7 Å². The Kier molecular flexibility index (Phi) is 7.53. The predicted molar refractivity (Wildman–Crippen MR) is 144 cm³/mol. The molecule has 9 nitrogen and oxygen atoms in total. The lowest BCUT2D eigenvalue weighted by Gasteiger charge is -2.31. The monoisotopic (exact) mass is 553 g/mol. The molecular formula is C28H29ClFN5O4. The maximum Gasteiger partial charge on any atom is 0.255 e. The zero-order chi connectivity index (χ0) is 27.8. The van der Waals surface area contributed by atoms with Crippen LogP contribution in [0.25, 0.3) is 11.3 Å². The number of nitrogens with zero attached hydrogens (tertiary/aromatic N) is 3. The van der Waals surface area contributed by atoms with E-state index in [-0.39, 0.29) is 24.6 Å². The summed E-state index contributed by atoms with van der Waals surface area (Å²) in [5, 5.41) is 25.6. The summed E-state index contributed by atoms with van der Waals surface area (Å²) in [7, 11) is 0. The number of hydrogen-bond acceptors (Lipinski definition) is 7. The Bertz CT molecular complexity index is 1410. The van der Waals surface area contributed by atoms with Crippen molar-refractivity contribution in [1.29, 1.82) is 0 Å². The van der Waals surface area contributed by atoms with E-state index < -0.39 is 30.4 Å². The molecule has 204 valence electrons. The molecule has 1 fully saturated rings. The fourth-order valence-corrected chi connectivity index (χ4v) is 5.15. The number of halogens is 2. The number of amides is 2. The molecule has 1 aromatic heterocycles. The lowest BCUT2D eigenvalue weighted by Crippen LogP contribution is -2.46. The number of carbonyl (C=O) groups is 2. The third-order valence-electron chi connectivity index (χ3n) is 7.22. The van der Waals surface area contributed by atoms with Gasteiger partial charge in [0.05, 0.1) is 35.7 Å². The van der Waals surface area contributed by atoms with Gasteiger partial charge in [-0.1, -0.05) is 29.8 Å². The molecule has 1 aliphatic carbocycles. The molecule has 1 aliphatic heterocycles. The summed E-state index contributed by atoms with van der Waals surface area (Å²) in [4.78, 5) is 36.6. The van der Waals surface area contributed by atoms with Gasteiger partial charge < -0.3 is 25.7 Å². The third kappa shape index (κ3) is 5.59. The number of rotatable bonds is 8. The summed E-state index contributed by atoms with van der Waals surface area (Å²) < 4.78 is 13.9. The summed E-state index contributed by atoms with van der Waals surface area (Å²) >= 11 is 6.39. The zero-order valence-corrected chi connectivity index (χ0v) is 22.2. The highest BCUT2D eigenvalue weighted by molar-refractivity contribution is 6.33. The van der Waals surface area contributed by atoms with Crippen LogP contribution in [0.2, 0.25) is 5.02 Å². The first kappa shape index (κ1) is 27.0. The maximum absolute atomic E-state index is 13.9. The number of benzene rings is 2. The van der Waals surface area contributed by atoms with Gasteiger partial charge in [-0.05, 0) is 61.6 Å². The van der Waals surface area contributed by atoms with E-state index in [0.29, 0.717) is 51.8 Å². The van der Waals surface area contributed by atoms with Gasteiger partial charge in [-0.2, -0.15) is 0 Å². The lowest BCUT2D eigenvalue weighted by atomic mass is 9.90. The van der Waals surface area contributed by atoms with Gasteiger partial charge in [0.25, 0.3) is 5.91 Å². The molecular weight excluding hydrogens is 525 g/mol. The molecule has 2 aromatic carbocycles. The minimum absolute atomic E-state index is 0.0900. The zero-order valence-electron chi connectivity index (χ0n) is 21.5. The van der Waals surface area contributed by atoms with Gasteiger partial charge >= 0.3 is 0 Å². The van der Waals surface area contributed by atoms with Crippen molar-refractivity contribution in [3.8, 4) is 11.3 Å². The molecule has 2 aliphatic rings. The van der Waals surface area contributed by atoms with Crippen molar-refractivity contribution in [1.82, 2.24) is 20.2 Å². The molecule has 11 heteroatoms. The van der Waals surface area contributed by atoms with Gasteiger partial charge in [0, 0.05) is 23.7 Å². The summed E-state index contributed by atoms with van der Waals surface area (Å²) in [6.45, 7) is 3.16. The van der Waals surface area contributed by atoms with E-state index in [4.69, 9.17) is 11.6 Å². The van der Waals surface area contributed by atoms with Crippen LogP contribution in [-0.2, 0) is 11.3 Å². The molecule has 0 radical (unpaired) electrons. The summed E-state index contributed by atoms with van der Waals surface area (Å²) in [6, 6.07) is 8.11. The normalized spacial score (nSPS) is 19.7. The molecule has 3 aromatic rings. The number of fused-ring (bicyclic) bond motifs is 1. The summed E-state index contributed by atoms with van der Waals surface area (Å²) in [6.07, 6.45) is 2.42. The summed E-state index contributed by atoms with van der Waals surface area (Å²) in [5.74, 6) is -0.853. The molecule has 5 rings (SSSR count). The number of hydrogen-bond donors (Lipinski definition) is 4. The van der Waals surface area contributed by atoms with Crippen molar-refractivity contribution < 1.29 is 24.2 Å². The standard InChI is InChI=1S/C28H29ClFN5O4/c1-14-5-18(7-19(30)6-14)24(13-36)33-26(38)15(2)35-12-17-4-3-16(8-22(17)27(35)39)25-23(29)11-31-28(34-25)32-20-9-21(37)10-20/h3-8,11,15,20-21,24,36-37H,9-10,12-13H2,1-2H3,(H,33,38)(H,31,32,34)/t15-,20-,21-,24-/m1/s1. The lowest BCUT2D eigenvalue weighted by molar-refractivity contribution is -0.126. The van der Waals surface area contributed by atoms with Crippen LogP contribution < -0.4 is 10.6 Å². The van der Waals surface area contributed by atoms with Crippen LogP contribution in [-0.4, -0.2) is 61.7 Å². The Hall–Kier alpha value is -3.60. The second-order valence-corrected chi connectivity index (χ2v) is 10.6. The Balaban J connectivity index is 1.31. The molecule has 2 atom stereocenters. The average molecular weight is 554 g/mol. The molecule has 2 amide bonds. The van der Waals surface area contributed by atoms with Crippen LogP contribution in [0.1, 0.15) is 52.9 Å². The van der Waals surface area contributed by atoms with Crippen molar-refractivity contribution in [2.75, 3.05) is 11.9 Å². The minimum atomic E-state index is -0.840. The Labute approximate surface area is 230 Å². The fraction of sp³-hybridized carbons (Fsp3) is 0.357. The first-order chi connectivity index (χ1) is 18.6. The largest absolute Gasteiger partial charge is 0.394 e. The molecule has 0 saturated heterocycles. The number of nitrogens with one attached hydrogen (secondary N) is 2. The van der Waals surface area contributed by atoms with Gasteiger partial charge in [0.2, 0.25) is 11.9 Å². The second kappa shape index (κ2) is 10.9. The highest BCUT2D eigenvalue weighted by Crippen LogP contribution is 2.33. The predicted octanol–water partition coefficient (Wildman–Crippen LogP) is 3.37. The number of aliphatic hydroxyl groups excluding tert-OH is 2. The molecule has 39 heavy (non-hydrogen) atoms. The van der Waals surface area contributed by atoms with Crippen LogP contribution >= 0.6 is 11.6 Å². The smallest absolute Gasteiger partial charge is 0.255 e. The Morgan fingerprint density at radius 1 is 1.26 bits per heavy atom. The van der Waals surface area contributed by atoms with Crippen LogP contribution in [0.5, 0.6) is 0 Å². The SMILES string of the molecule is Cc1cc(F)cc([C@@H](CO)NC(=O)[C@@H](C)N2Cc3ccc(-c4nc(N[C@H]5C[C@H](O)C5)ncc4Cl)cc3C2=O)c1. The first-order valence-electron chi connectivity index (χ1n) is 12.7. The van der Waals surface area contributed by atoms with Crippen LogP contribution in [0.4, 0.5) is 10.3 Å². The number of carbonyl (C=O) groups excluding carboxylic acids is 2. The second-order valence-electron chi connectivity index (χ2n) is 10.1. The summed E-state index contributed by atoms with van der Waals surface area (Å²) in [5.41, 5.74) is 3.41. The van der Waals surface area contributed by atoms with E-state index in [0.717, 1.165) is 5.56 Å². The maximum atomic E-state index is 13.9. The molecule has 4 N–H and O–H groups in total. The molecule has 2 heterocycles. The van der Waals surface area contributed by atoms with Gasteiger partial charge in [0.15, 0.2) is 0 Å². The quantitative estimate of drug-likeness (QED) is 0.337. The highest BCUT2D eigenvalue weighted by Gasteiger charge is 2.35. The Morgan fingerprint density at radius 3 is 2.72 bits per heavy atom. The van der Waals surface area contributed by atoms with E-state index >= 15 is 0 Å². The topological polar surface area (TPSA) is 128 Å². The van der Waals surface area contributed by atoms with Crippen LogP contribution in [0, 0.1) is 12.7 Å². The van der Waals surface area contributed by atoms with Crippen LogP contribution in [0.3, 0.4) is 0 Å². The average Bonchev–Trinajstić information content (AvgIpc) is 3.21. The van der Waals surface area contributed by atoms with Crippen molar-refractivity contribution in [3.63, 3.8) is 0 Å². The van der Waals surface area contributed by atoms with Gasteiger partial charge in [-0.3, -0.25) is 9.59 Å². The molecule has 1 saturated carbocycles. The van der Waals surface area contributed by atoms with E-state index in [1.165, 1.54) is 23.2 Å². The Morgan fingerprint density at radius 2 is 2.03 bits per heavy atom. The number of aliphatic hydroxyl groups is 2. The first-order valence-corrected chi connectivity index (χ1v) is 13.1. The fourth-order valence-electron chi connectivity index (χ4n) is 4.94. The van der Waals surface area contributed by atoms with Gasteiger partial charge in [-0.25, -0.2) is 14.4 Å². The van der Waals surface area contributed by atoms with Crippen molar-refractivity contribution in [2.24, 2.45) is 0 Å². The van der Waals surface area contributed by atoms with Crippen molar-refractivity contribution >= 4 is 29.4 Å². The van der Waals surface area contributed by atoms with E-state index in [1.54, 1.807) is 26.0 Å². The van der Waals surface area contributed by atoms with E-state index in [2.05, 4.69) is 20.6 Å². The van der Waals surface area contributed by atoms with E-state index in [9.17, 15) is 24.2 Å².